The number of amides is 9. The van der Waals surface area contributed by atoms with Gasteiger partial charge in [0.2, 0.25) is 23.6 Å². The highest BCUT2D eigenvalue weighted by Crippen LogP contribution is 2.34. The minimum atomic E-state index is -1.20. The molecule has 0 spiro atoms. The molecule has 7 rings (SSSR count). The third-order valence-electron chi connectivity index (χ3n) is 12.2. The summed E-state index contributed by atoms with van der Waals surface area (Å²) in [4.78, 5) is 125. The second kappa shape index (κ2) is 23.1. The molecule has 1 saturated heterocycles. The van der Waals surface area contributed by atoms with Crippen LogP contribution >= 0.6 is 0 Å². The Morgan fingerprint density at radius 3 is 2.15 bits per heavy atom. The van der Waals surface area contributed by atoms with Crippen molar-refractivity contribution < 1.29 is 57.4 Å². The third-order valence-corrected chi connectivity index (χ3v) is 12.2. The number of benzene rings is 2. The molecule has 1 atom stereocenters. The van der Waals surface area contributed by atoms with E-state index in [0.29, 0.717) is 25.7 Å². The van der Waals surface area contributed by atoms with Gasteiger partial charge in [-0.05, 0) is 61.8 Å². The lowest BCUT2D eigenvalue weighted by Crippen LogP contribution is -2.58. The zero-order valence-electron chi connectivity index (χ0n) is 37.5. The molecule has 0 radical (unpaired) electrons. The van der Waals surface area contributed by atoms with Crippen LogP contribution in [0.1, 0.15) is 107 Å². The number of nitrogens with zero attached hydrogens (tertiary/aromatic N) is 3. The van der Waals surface area contributed by atoms with Gasteiger partial charge in [0, 0.05) is 50.8 Å². The molecule has 1 aromatic heterocycles. The average Bonchev–Trinajstić information content (AvgIpc) is 3.85. The summed E-state index contributed by atoms with van der Waals surface area (Å²) in [5.74, 6) is -4.66. The Morgan fingerprint density at radius 1 is 0.765 bits per heavy atom. The van der Waals surface area contributed by atoms with E-state index in [1.807, 2.05) is 24.3 Å². The number of nitrogens with one attached hydrogen (secondary N) is 6. The van der Waals surface area contributed by atoms with Gasteiger partial charge in [0.1, 0.15) is 17.3 Å². The van der Waals surface area contributed by atoms with Crippen molar-refractivity contribution in [1.29, 1.82) is 0 Å². The number of hydrogen-bond donors (Lipinski definition) is 6. The molecule has 0 bridgehead atoms. The van der Waals surface area contributed by atoms with Crippen LogP contribution in [0.2, 0.25) is 0 Å². The van der Waals surface area contributed by atoms with Crippen LogP contribution in [0.3, 0.4) is 0 Å². The van der Waals surface area contributed by atoms with Crippen molar-refractivity contribution in [3.05, 3.63) is 82.8 Å². The lowest BCUT2D eigenvalue weighted by molar-refractivity contribution is -0.136. The first-order chi connectivity index (χ1) is 32.9. The van der Waals surface area contributed by atoms with Crippen LogP contribution in [0.5, 0.6) is 5.75 Å². The first-order valence-electron chi connectivity index (χ1n) is 22.9. The maximum atomic E-state index is 13.9. The third kappa shape index (κ3) is 12.2. The molecule has 3 aromatic rings. The second-order valence-corrected chi connectivity index (χ2v) is 16.9. The number of piperidine rings is 1. The Balaban J connectivity index is 0.731. The monoisotopic (exact) mass is 937 g/mol. The number of hydrogen-bond acceptors (Lipinski definition) is 14. The summed E-state index contributed by atoms with van der Waals surface area (Å²) in [6.07, 6.45) is 7.72. The molecule has 2 aromatic carbocycles. The molecule has 2 aliphatic heterocycles. The molecule has 1 saturated carbocycles. The number of carbonyl (C=O) groups is 9. The number of imide groups is 2. The summed E-state index contributed by atoms with van der Waals surface area (Å²) in [7, 11) is 0. The summed E-state index contributed by atoms with van der Waals surface area (Å²) in [6.45, 7) is 0.761. The van der Waals surface area contributed by atoms with Crippen molar-refractivity contribution in [1.82, 2.24) is 41.5 Å². The predicted molar refractivity (Wildman–Crippen MR) is 240 cm³/mol. The number of carbonyl (C=O) groups excluding carboxylic acids is 9. The summed E-state index contributed by atoms with van der Waals surface area (Å²) in [5, 5.41) is 16.3. The van der Waals surface area contributed by atoms with E-state index >= 15 is 0 Å². The molecule has 4 aliphatic rings. The van der Waals surface area contributed by atoms with Crippen molar-refractivity contribution in [2.24, 2.45) is 0 Å². The molecule has 360 valence electrons. The molecule has 9 amide bonds. The predicted octanol–water partition coefficient (Wildman–Crippen LogP) is 1.05. The van der Waals surface area contributed by atoms with Crippen LogP contribution in [0.15, 0.2) is 54.9 Å². The van der Waals surface area contributed by atoms with Crippen LogP contribution in [0.25, 0.3) is 0 Å². The number of fused-ring (bicyclic) bond motifs is 2. The van der Waals surface area contributed by atoms with E-state index in [2.05, 4.69) is 41.9 Å². The van der Waals surface area contributed by atoms with E-state index in [1.54, 1.807) is 0 Å². The molecular weight excluding hydrogens is 883 g/mol. The van der Waals surface area contributed by atoms with E-state index in [9.17, 15) is 43.2 Å². The molecule has 21 heteroatoms. The van der Waals surface area contributed by atoms with Crippen LogP contribution in [-0.2, 0) is 51.1 Å². The summed E-state index contributed by atoms with van der Waals surface area (Å²) >= 11 is 0. The smallest absolute Gasteiger partial charge is 0.273 e. The van der Waals surface area contributed by atoms with Gasteiger partial charge in [-0.3, -0.25) is 53.4 Å². The van der Waals surface area contributed by atoms with E-state index in [1.165, 1.54) is 41.7 Å². The molecule has 2 fully saturated rings. The summed E-state index contributed by atoms with van der Waals surface area (Å²) in [5.41, 5.74) is 1.12. The molecule has 6 N–H and O–H groups in total. The maximum absolute atomic E-state index is 13.9. The minimum absolute atomic E-state index is 0.00935. The van der Waals surface area contributed by atoms with E-state index in [4.69, 9.17) is 14.2 Å². The molecular formula is C47H55N9O12. The molecule has 2 aliphatic carbocycles. The zero-order valence-corrected chi connectivity index (χ0v) is 37.5. The fraction of sp³-hybridized carbons (Fsp3) is 0.468. The number of aromatic nitrogens is 2. The average molecular weight is 938 g/mol. The van der Waals surface area contributed by atoms with Crippen molar-refractivity contribution in [2.75, 3.05) is 51.4 Å². The van der Waals surface area contributed by atoms with Gasteiger partial charge in [0.05, 0.1) is 37.6 Å². The fourth-order valence-electron chi connectivity index (χ4n) is 8.77. The minimum Gasteiger partial charge on any atom is -0.483 e. The standard InChI is InChI=1S/C47H55N9O12/c57-35(48-20-22-66-24-25-67-23-21-49-38(60)28-68-34-11-6-10-32-39(34)45(64)56(44(32)63)33-14-15-36(58)53-42(33)61)12-7-13-37(59)55-47(16-4-1-5-17-47)46(65)54-41-40(50-18-19-51-41)43(62)52-31-26-29-8-2-3-9-30(29)27-31/h2-3,6,8-11,18-19,31,33H,1,4-5,7,12-17,20-28H2,(H,48,57)(H,49,60)(H,52,62)(H,55,59)(H,51,54,65)(H,53,58,61). The van der Waals surface area contributed by atoms with E-state index in [-0.39, 0.29) is 118 Å². The first-order valence-corrected chi connectivity index (χ1v) is 22.9. The molecule has 68 heavy (non-hydrogen) atoms. The fourth-order valence-corrected chi connectivity index (χ4v) is 8.77. The Hall–Kier alpha value is -7.13. The van der Waals surface area contributed by atoms with Crippen molar-refractivity contribution in [3.63, 3.8) is 0 Å². The van der Waals surface area contributed by atoms with Crippen molar-refractivity contribution >= 4 is 59.0 Å². The Labute approximate surface area is 391 Å². The topological polar surface area (TPSA) is 283 Å². The van der Waals surface area contributed by atoms with Gasteiger partial charge < -0.3 is 40.8 Å². The Morgan fingerprint density at radius 2 is 1.44 bits per heavy atom. The molecule has 1 unspecified atom stereocenters. The van der Waals surface area contributed by atoms with Gasteiger partial charge in [0.15, 0.2) is 18.1 Å². The molecule has 3 heterocycles. The van der Waals surface area contributed by atoms with Crippen LogP contribution in [0.4, 0.5) is 5.82 Å². The van der Waals surface area contributed by atoms with Gasteiger partial charge in [-0.2, -0.15) is 0 Å². The molecule has 21 nitrogen and oxygen atoms in total. The SMILES string of the molecule is O=C(CCCC(=O)NC1(C(=O)Nc2nccnc2C(=O)NC2Cc3ccccc3C2)CCCCC1)NCCOCCOCCNC(=O)COc1cccc2c1C(=O)N(C1CCC(=O)NC1=O)C2=O. The van der Waals surface area contributed by atoms with Crippen molar-refractivity contribution in [2.45, 2.75) is 94.7 Å². The van der Waals surface area contributed by atoms with Crippen LogP contribution in [0, 0.1) is 0 Å². The van der Waals surface area contributed by atoms with Gasteiger partial charge >= 0.3 is 0 Å². The first kappa shape index (κ1) is 48.8. The van der Waals surface area contributed by atoms with Gasteiger partial charge in [-0.25, -0.2) is 9.97 Å². The Kier molecular flexibility index (Phi) is 16.5. The summed E-state index contributed by atoms with van der Waals surface area (Å²) < 4.78 is 16.6. The van der Waals surface area contributed by atoms with Crippen molar-refractivity contribution in [3.8, 4) is 5.75 Å². The number of ether oxygens (including phenoxy) is 3. The highest BCUT2D eigenvalue weighted by Gasteiger charge is 2.46. The number of anilines is 1. The quantitative estimate of drug-likeness (QED) is 0.0607. The lowest BCUT2D eigenvalue weighted by atomic mass is 9.80. The lowest BCUT2D eigenvalue weighted by Gasteiger charge is -2.36. The Bertz CT molecular complexity index is 2400. The van der Waals surface area contributed by atoms with Gasteiger partial charge in [0.25, 0.3) is 29.5 Å². The maximum Gasteiger partial charge on any atom is 0.273 e. The second-order valence-electron chi connectivity index (χ2n) is 16.9. The van der Waals surface area contributed by atoms with Gasteiger partial charge in [-0.15, -0.1) is 0 Å². The normalized spacial score (nSPS) is 17.4. The van der Waals surface area contributed by atoms with Crippen LogP contribution < -0.4 is 36.6 Å². The zero-order chi connectivity index (χ0) is 48.0. The van der Waals surface area contributed by atoms with E-state index in [0.717, 1.165) is 24.2 Å². The van der Waals surface area contributed by atoms with E-state index < -0.39 is 59.5 Å². The highest BCUT2D eigenvalue weighted by atomic mass is 16.5. The van der Waals surface area contributed by atoms with Crippen LogP contribution in [-0.4, -0.2) is 132 Å². The summed E-state index contributed by atoms with van der Waals surface area (Å²) in [6, 6.07) is 11.1. The van der Waals surface area contributed by atoms with Gasteiger partial charge in [-0.1, -0.05) is 49.6 Å². The highest BCUT2D eigenvalue weighted by molar-refractivity contribution is 6.24. The largest absolute Gasteiger partial charge is 0.483 e. The number of rotatable bonds is 22.